The average Bonchev–Trinajstić information content (AvgIpc) is 2.59. The summed E-state index contributed by atoms with van der Waals surface area (Å²) < 4.78 is 43.6. The van der Waals surface area contributed by atoms with Crippen LogP contribution in [0.2, 0.25) is 0 Å². The predicted octanol–water partition coefficient (Wildman–Crippen LogP) is 2.67. The van der Waals surface area contributed by atoms with Crippen LogP contribution in [0.3, 0.4) is 0 Å². The molecule has 0 aliphatic carbocycles. The molecule has 1 N–H and O–H groups in total. The zero-order valence-electron chi connectivity index (χ0n) is 13.3. The highest BCUT2D eigenvalue weighted by Crippen LogP contribution is 2.26. The van der Waals surface area contributed by atoms with Crippen molar-refractivity contribution in [3.63, 3.8) is 0 Å². The number of hydrogen-bond donors (Lipinski definition) is 1. The molecular formula is C16H18INO5S. The van der Waals surface area contributed by atoms with Gasteiger partial charge in [-0.2, -0.15) is 0 Å². The second-order valence-corrected chi connectivity index (χ2v) is 7.62. The molecule has 0 saturated carbocycles. The summed E-state index contributed by atoms with van der Waals surface area (Å²) in [5.41, 5.74) is 0. The van der Waals surface area contributed by atoms with E-state index >= 15 is 0 Å². The van der Waals surface area contributed by atoms with Crippen LogP contribution in [0.25, 0.3) is 0 Å². The van der Waals surface area contributed by atoms with Crippen LogP contribution in [0.5, 0.6) is 17.2 Å². The summed E-state index contributed by atoms with van der Waals surface area (Å²) in [6, 6.07) is 11.9. The third-order valence-electron chi connectivity index (χ3n) is 3.15. The second-order valence-electron chi connectivity index (χ2n) is 4.69. The van der Waals surface area contributed by atoms with E-state index in [4.69, 9.17) is 14.2 Å². The molecule has 0 bridgehead atoms. The fraction of sp³-hybridized carbons (Fsp3) is 0.250. The van der Waals surface area contributed by atoms with Gasteiger partial charge in [-0.3, -0.25) is 0 Å². The molecule has 8 heteroatoms. The number of sulfonamides is 1. The summed E-state index contributed by atoms with van der Waals surface area (Å²) in [5.74, 6) is 1.80. The number of halogens is 1. The van der Waals surface area contributed by atoms with E-state index in [1.54, 1.807) is 38.5 Å². The van der Waals surface area contributed by atoms with E-state index in [1.165, 1.54) is 6.07 Å². The summed E-state index contributed by atoms with van der Waals surface area (Å²) in [5, 5.41) is 0. The Morgan fingerprint density at radius 2 is 1.67 bits per heavy atom. The Kier molecular flexibility index (Phi) is 6.69. The smallest absolute Gasteiger partial charge is 0.240 e. The van der Waals surface area contributed by atoms with E-state index in [9.17, 15) is 8.42 Å². The Morgan fingerprint density at radius 3 is 2.29 bits per heavy atom. The Morgan fingerprint density at radius 1 is 1.00 bits per heavy atom. The monoisotopic (exact) mass is 463 g/mol. The minimum absolute atomic E-state index is 0.142. The van der Waals surface area contributed by atoms with Gasteiger partial charge < -0.3 is 14.2 Å². The summed E-state index contributed by atoms with van der Waals surface area (Å²) in [6.45, 7) is 0.329. The highest BCUT2D eigenvalue weighted by Gasteiger charge is 2.15. The molecule has 2 aromatic carbocycles. The van der Waals surface area contributed by atoms with Crippen LogP contribution in [0, 0.1) is 3.57 Å². The van der Waals surface area contributed by atoms with Gasteiger partial charge in [-0.25, -0.2) is 13.1 Å². The molecule has 24 heavy (non-hydrogen) atoms. The molecule has 0 aromatic heterocycles. The number of ether oxygens (including phenoxy) is 3. The molecule has 2 rings (SSSR count). The SMILES string of the molecule is COc1ccc(S(=O)(=O)NCCOc2ccccc2OC)cc1I. The maximum Gasteiger partial charge on any atom is 0.240 e. The molecule has 0 aliphatic rings. The maximum atomic E-state index is 12.3. The first-order valence-corrected chi connectivity index (χ1v) is 9.63. The quantitative estimate of drug-likeness (QED) is 0.482. The summed E-state index contributed by atoms with van der Waals surface area (Å²) >= 11 is 2.03. The van der Waals surface area contributed by atoms with Crippen molar-refractivity contribution >= 4 is 32.6 Å². The molecule has 2 aromatic rings. The van der Waals surface area contributed by atoms with Crippen molar-refractivity contribution in [1.29, 1.82) is 0 Å². The lowest BCUT2D eigenvalue weighted by Gasteiger charge is -2.11. The molecule has 0 spiro atoms. The number of rotatable bonds is 8. The van der Waals surface area contributed by atoms with E-state index in [-0.39, 0.29) is 18.0 Å². The van der Waals surface area contributed by atoms with E-state index in [0.29, 0.717) is 17.2 Å². The molecule has 0 heterocycles. The van der Waals surface area contributed by atoms with Crippen LogP contribution >= 0.6 is 22.6 Å². The first kappa shape index (κ1) is 18.8. The van der Waals surface area contributed by atoms with Gasteiger partial charge >= 0.3 is 0 Å². The minimum Gasteiger partial charge on any atom is -0.496 e. The van der Waals surface area contributed by atoms with Gasteiger partial charge in [0.25, 0.3) is 0 Å². The summed E-state index contributed by atoms with van der Waals surface area (Å²) in [7, 11) is -0.507. The number of methoxy groups -OCH3 is 2. The van der Waals surface area contributed by atoms with Gasteiger partial charge in [0.2, 0.25) is 10.0 Å². The highest BCUT2D eigenvalue weighted by molar-refractivity contribution is 14.1. The lowest BCUT2D eigenvalue weighted by atomic mass is 10.3. The van der Waals surface area contributed by atoms with Crippen molar-refractivity contribution in [3.8, 4) is 17.2 Å². The van der Waals surface area contributed by atoms with Gasteiger partial charge in [0, 0.05) is 6.54 Å². The molecule has 0 saturated heterocycles. The Labute approximate surface area is 155 Å². The van der Waals surface area contributed by atoms with Gasteiger partial charge in [0.05, 0.1) is 22.7 Å². The zero-order valence-corrected chi connectivity index (χ0v) is 16.3. The van der Waals surface area contributed by atoms with Crippen molar-refractivity contribution in [2.45, 2.75) is 4.90 Å². The van der Waals surface area contributed by atoms with Gasteiger partial charge in [-0.1, -0.05) is 12.1 Å². The predicted molar refractivity (Wildman–Crippen MR) is 99.4 cm³/mol. The van der Waals surface area contributed by atoms with Gasteiger partial charge in [0.15, 0.2) is 11.5 Å². The number of nitrogens with one attached hydrogen (secondary N) is 1. The Balaban J connectivity index is 1.94. The molecule has 0 atom stereocenters. The summed E-state index contributed by atoms with van der Waals surface area (Å²) in [4.78, 5) is 0.185. The average molecular weight is 463 g/mol. The van der Waals surface area contributed by atoms with E-state index < -0.39 is 10.0 Å². The molecule has 0 fully saturated rings. The van der Waals surface area contributed by atoms with Crippen molar-refractivity contribution in [3.05, 3.63) is 46.0 Å². The van der Waals surface area contributed by atoms with E-state index in [0.717, 1.165) is 3.57 Å². The largest absolute Gasteiger partial charge is 0.496 e. The first-order valence-electron chi connectivity index (χ1n) is 7.07. The third kappa shape index (κ3) is 4.74. The fourth-order valence-corrected chi connectivity index (χ4v) is 3.96. The molecule has 0 unspecified atom stereocenters. The zero-order chi connectivity index (χ0) is 17.6. The molecule has 0 amide bonds. The van der Waals surface area contributed by atoms with Crippen LogP contribution < -0.4 is 18.9 Å². The van der Waals surface area contributed by atoms with Crippen LogP contribution in [0.1, 0.15) is 0 Å². The number of benzene rings is 2. The van der Waals surface area contributed by atoms with Gasteiger partial charge in [-0.05, 0) is 52.9 Å². The number of hydrogen-bond acceptors (Lipinski definition) is 5. The van der Waals surface area contributed by atoms with Crippen molar-refractivity contribution in [2.24, 2.45) is 0 Å². The van der Waals surface area contributed by atoms with Crippen molar-refractivity contribution < 1.29 is 22.6 Å². The third-order valence-corrected chi connectivity index (χ3v) is 5.46. The van der Waals surface area contributed by atoms with Crippen LogP contribution in [-0.4, -0.2) is 35.8 Å². The van der Waals surface area contributed by atoms with Crippen LogP contribution in [0.4, 0.5) is 0 Å². The minimum atomic E-state index is -3.60. The normalized spacial score (nSPS) is 11.1. The van der Waals surface area contributed by atoms with Gasteiger partial charge in [-0.15, -0.1) is 0 Å². The van der Waals surface area contributed by atoms with E-state index in [2.05, 4.69) is 4.72 Å². The lowest BCUT2D eigenvalue weighted by Crippen LogP contribution is -2.28. The lowest BCUT2D eigenvalue weighted by molar-refractivity contribution is 0.298. The molecule has 0 aliphatic heterocycles. The Bertz CT molecular complexity index is 795. The molecule has 6 nitrogen and oxygen atoms in total. The van der Waals surface area contributed by atoms with Crippen LogP contribution in [-0.2, 0) is 10.0 Å². The van der Waals surface area contributed by atoms with Gasteiger partial charge in [0.1, 0.15) is 12.4 Å². The summed E-state index contributed by atoms with van der Waals surface area (Å²) in [6.07, 6.45) is 0. The Hall–Kier alpha value is -1.52. The topological polar surface area (TPSA) is 73.9 Å². The fourth-order valence-electron chi connectivity index (χ4n) is 1.97. The standard InChI is InChI=1S/C16H18INO5S/c1-21-14-8-7-12(11-13(14)17)24(19,20)18-9-10-23-16-6-4-3-5-15(16)22-2/h3-8,11,18H,9-10H2,1-2H3. The molecule has 130 valence electrons. The second kappa shape index (κ2) is 8.54. The van der Waals surface area contributed by atoms with Crippen molar-refractivity contribution in [2.75, 3.05) is 27.4 Å². The highest BCUT2D eigenvalue weighted by atomic mass is 127. The molecule has 0 radical (unpaired) electrons. The van der Waals surface area contributed by atoms with Crippen LogP contribution in [0.15, 0.2) is 47.4 Å². The first-order chi connectivity index (χ1) is 11.5. The maximum absolute atomic E-state index is 12.3. The number of para-hydroxylation sites is 2. The van der Waals surface area contributed by atoms with Crippen molar-refractivity contribution in [1.82, 2.24) is 4.72 Å². The molecular weight excluding hydrogens is 445 g/mol. The van der Waals surface area contributed by atoms with E-state index in [1.807, 2.05) is 34.7 Å².